The third kappa shape index (κ3) is 5.58. The second-order valence-electron chi connectivity index (χ2n) is 8.52. The minimum atomic E-state index is -1.21. The molecule has 0 N–H and O–H groups in total. The summed E-state index contributed by atoms with van der Waals surface area (Å²) in [6, 6.07) is 20.8. The van der Waals surface area contributed by atoms with Gasteiger partial charge in [-0.25, -0.2) is 0 Å². The van der Waals surface area contributed by atoms with E-state index in [-0.39, 0.29) is 17.2 Å². The van der Waals surface area contributed by atoms with Crippen molar-refractivity contribution in [2.75, 3.05) is 32.7 Å². The van der Waals surface area contributed by atoms with E-state index in [1.54, 1.807) is 41.4 Å². The minimum absolute atomic E-state index is 0.334. The Bertz CT molecular complexity index is 1210. The van der Waals surface area contributed by atoms with E-state index in [2.05, 4.69) is 29.2 Å². The van der Waals surface area contributed by atoms with Crippen molar-refractivity contribution in [1.29, 1.82) is 0 Å². The van der Waals surface area contributed by atoms with Gasteiger partial charge in [-0.1, -0.05) is 72.8 Å². The SMILES string of the molecule is Cc1ccn([C@H](C(=O)c2ccccc2)C(=O)N2CCN(C/C=C/c3ccccc3)CC2)c(=O)c1. The monoisotopic (exact) mass is 455 g/mol. The first-order valence-corrected chi connectivity index (χ1v) is 11.5. The largest absolute Gasteiger partial charge is 0.338 e. The Labute approximate surface area is 199 Å². The number of carbonyl (C=O) groups is 2. The van der Waals surface area contributed by atoms with Gasteiger partial charge in [-0.3, -0.25) is 23.9 Å². The summed E-state index contributed by atoms with van der Waals surface area (Å²) in [6.07, 6.45) is 5.77. The zero-order valence-corrected chi connectivity index (χ0v) is 19.3. The molecule has 0 radical (unpaired) electrons. The zero-order valence-electron chi connectivity index (χ0n) is 19.3. The number of pyridine rings is 1. The van der Waals surface area contributed by atoms with Crippen LogP contribution in [0.5, 0.6) is 0 Å². The van der Waals surface area contributed by atoms with Crippen molar-refractivity contribution in [1.82, 2.24) is 14.4 Å². The third-order valence-corrected chi connectivity index (χ3v) is 6.08. The van der Waals surface area contributed by atoms with Crippen molar-refractivity contribution in [2.45, 2.75) is 13.0 Å². The smallest absolute Gasteiger partial charge is 0.253 e. The molecule has 0 unspecified atom stereocenters. The number of benzene rings is 2. The number of hydrogen-bond acceptors (Lipinski definition) is 4. The molecule has 34 heavy (non-hydrogen) atoms. The molecule has 1 aliphatic heterocycles. The van der Waals surface area contributed by atoms with Crippen LogP contribution in [0.1, 0.15) is 27.5 Å². The molecule has 174 valence electrons. The number of aromatic nitrogens is 1. The number of rotatable bonds is 7. The zero-order chi connectivity index (χ0) is 23.9. The van der Waals surface area contributed by atoms with E-state index in [0.29, 0.717) is 31.7 Å². The van der Waals surface area contributed by atoms with Crippen molar-refractivity contribution in [3.63, 3.8) is 0 Å². The molecule has 1 aliphatic rings. The summed E-state index contributed by atoms with van der Waals surface area (Å²) < 4.78 is 1.26. The Balaban J connectivity index is 1.47. The molecule has 0 saturated carbocycles. The summed E-state index contributed by atoms with van der Waals surface area (Å²) in [4.78, 5) is 43.6. The number of amides is 1. The van der Waals surface area contributed by atoms with Crippen LogP contribution in [0.25, 0.3) is 6.08 Å². The summed E-state index contributed by atoms with van der Waals surface area (Å²) in [6.45, 7) is 5.04. The van der Waals surface area contributed by atoms with E-state index < -0.39 is 6.04 Å². The molecule has 0 spiro atoms. The van der Waals surface area contributed by atoms with Crippen molar-refractivity contribution in [3.8, 4) is 0 Å². The van der Waals surface area contributed by atoms with Crippen LogP contribution in [0, 0.1) is 6.92 Å². The fourth-order valence-electron chi connectivity index (χ4n) is 4.15. The van der Waals surface area contributed by atoms with Gasteiger partial charge in [0.2, 0.25) is 0 Å². The molecule has 1 aromatic heterocycles. The fourth-order valence-corrected chi connectivity index (χ4v) is 4.15. The summed E-state index contributed by atoms with van der Waals surface area (Å²) in [5.41, 5.74) is 2.00. The second-order valence-corrected chi connectivity index (χ2v) is 8.52. The minimum Gasteiger partial charge on any atom is -0.338 e. The Kier molecular flexibility index (Phi) is 7.50. The molecule has 2 aromatic carbocycles. The van der Waals surface area contributed by atoms with E-state index in [1.165, 1.54) is 10.6 Å². The van der Waals surface area contributed by atoms with Gasteiger partial charge in [0, 0.05) is 50.6 Å². The lowest BCUT2D eigenvalue weighted by Gasteiger charge is -2.36. The molecule has 1 atom stereocenters. The molecule has 6 heteroatoms. The Morgan fingerprint density at radius 3 is 2.21 bits per heavy atom. The third-order valence-electron chi connectivity index (χ3n) is 6.08. The predicted molar refractivity (Wildman–Crippen MR) is 134 cm³/mol. The molecule has 6 nitrogen and oxygen atoms in total. The van der Waals surface area contributed by atoms with E-state index in [0.717, 1.165) is 17.7 Å². The van der Waals surface area contributed by atoms with Gasteiger partial charge in [-0.05, 0) is 24.1 Å². The van der Waals surface area contributed by atoms with Crippen LogP contribution in [0.15, 0.2) is 89.9 Å². The van der Waals surface area contributed by atoms with Crippen LogP contribution in [0.2, 0.25) is 0 Å². The lowest BCUT2D eigenvalue weighted by Crippen LogP contribution is -2.52. The van der Waals surface area contributed by atoms with Crippen molar-refractivity contribution < 1.29 is 9.59 Å². The lowest BCUT2D eigenvalue weighted by atomic mass is 10.0. The molecule has 0 aliphatic carbocycles. The fraction of sp³-hybridized carbons (Fsp3) is 0.250. The Hall–Kier alpha value is -3.77. The van der Waals surface area contributed by atoms with E-state index >= 15 is 0 Å². The highest BCUT2D eigenvalue weighted by Crippen LogP contribution is 2.18. The molecule has 0 bridgehead atoms. The average molecular weight is 456 g/mol. The van der Waals surface area contributed by atoms with Gasteiger partial charge in [0.05, 0.1) is 0 Å². The molecular formula is C28H29N3O3. The summed E-state index contributed by atoms with van der Waals surface area (Å²) in [5.74, 6) is -0.705. The molecule has 1 amide bonds. The van der Waals surface area contributed by atoms with Gasteiger partial charge in [-0.2, -0.15) is 0 Å². The maximum Gasteiger partial charge on any atom is 0.253 e. The van der Waals surface area contributed by atoms with E-state index in [9.17, 15) is 14.4 Å². The average Bonchev–Trinajstić information content (AvgIpc) is 2.87. The first kappa shape index (κ1) is 23.4. The van der Waals surface area contributed by atoms with E-state index in [4.69, 9.17) is 0 Å². The van der Waals surface area contributed by atoms with Gasteiger partial charge < -0.3 is 4.90 Å². The highest BCUT2D eigenvalue weighted by atomic mass is 16.2. The van der Waals surface area contributed by atoms with Crippen molar-refractivity contribution in [3.05, 3.63) is 112 Å². The molecule has 4 rings (SSSR count). The normalized spacial score (nSPS) is 15.4. The number of aryl methyl sites for hydroxylation is 1. The molecular weight excluding hydrogens is 426 g/mol. The number of Topliss-reactive ketones (excluding diaryl/α,β-unsaturated/α-hetero) is 1. The van der Waals surface area contributed by atoms with E-state index in [1.807, 2.05) is 31.2 Å². The Morgan fingerprint density at radius 2 is 1.56 bits per heavy atom. The summed E-state index contributed by atoms with van der Waals surface area (Å²) in [7, 11) is 0. The van der Waals surface area contributed by atoms with Crippen LogP contribution < -0.4 is 5.56 Å². The number of carbonyl (C=O) groups excluding carboxylic acids is 2. The van der Waals surface area contributed by atoms with Crippen LogP contribution >= 0.6 is 0 Å². The Morgan fingerprint density at radius 1 is 0.912 bits per heavy atom. The van der Waals surface area contributed by atoms with Crippen molar-refractivity contribution >= 4 is 17.8 Å². The maximum atomic E-state index is 13.6. The summed E-state index contributed by atoms with van der Waals surface area (Å²) >= 11 is 0. The maximum absolute atomic E-state index is 13.6. The number of piperazine rings is 1. The van der Waals surface area contributed by atoms with Gasteiger partial charge in [0.1, 0.15) is 0 Å². The first-order chi connectivity index (χ1) is 16.5. The standard InChI is InChI=1S/C28H29N3O3/c1-22-14-16-31(25(32)21-22)26(27(33)24-12-6-3-7-13-24)28(34)30-19-17-29(18-20-30)15-8-11-23-9-4-2-5-10-23/h2-14,16,21,26H,15,17-20H2,1H3/b11-8+/t26-/m1/s1. The molecule has 3 aromatic rings. The first-order valence-electron chi connectivity index (χ1n) is 11.5. The second kappa shape index (κ2) is 10.9. The highest BCUT2D eigenvalue weighted by molar-refractivity contribution is 6.11. The van der Waals surface area contributed by atoms with Crippen LogP contribution in [0.3, 0.4) is 0 Å². The topological polar surface area (TPSA) is 62.6 Å². The quantitative estimate of drug-likeness (QED) is 0.405. The van der Waals surface area contributed by atoms with Crippen LogP contribution in [-0.4, -0.2) is 58.8 Å². The van der Waals surface area contributed by atoms with Gasteiger partial charge in [-0.15, -0.1) is 0 Å². The number of ketones is 1. The van der Waals surface area contributed by atoms with Gasteiger partial charge >= 0.3 is 0 Å². The number of hydrogen-bond donors (Lipinski definition) is 0. The van der Waals surface area contributed by atoms with Gasteiger partial charge in [0.15, 0.2) is 11.8 Å². The highest BCUT2D eigenvalue weighted by Gasteiger charge is 2.34. The number of nitrogens with zero attached hydrogens (tertiary/aromatic N) is 3. The molecule has 1 fully saturated rings. The molecule has 1 saturated heterocycles. The predicted octanol–water partition coefficient (Wildman–Crippen LogP) is 3.44. The van der Waals surface area contributed by atoms with Gasteiger partial charge in [0.25, 0.3) is 11.5 Å². The summed E-state index contributed by atoms with van der Waals surface area (Å²) in [5, 5.41) is 0. The van der Waals surface area contributed by atoms with Crippen LogP contribution in [0.4, 0.5) is 0 Å². The molecule has 2 heterocycles. The van der Waals surface area contributed by atoms with Crippen molar-refractivity contribution in [2.24, 2.45) is 0 Å². The van der Waals surface area contributed by atoms with Crippen LogP contribution in [-0.2, 0) is 4.79 Å². The lowest BCUT2D eigenvalue weighted by molar-refractivity contribution is -0.135.